The molecule has 0 aliphatic heterocycles. The molecule has 0 aliphatic rings. The summed E-state index contributed by atoms with van der Waals surface area (Å²) in [6, 6.07) is 5.34. The number of aryl methyl sites for hydroxylation is 1. The van der Waals surface area contributed by atoms with E-state index in [4.69, 9.17) is 0 Å². The molecule has 18 heavy (non-hydrogen) atoms. The minimum Gasteiger partial charge on any atom is -0.478 e. The van der Waals surface area contributed by atoms with Crippen LogP contribution in [0.2, 0.25) is 0 Å². The summed E-state index contributed by atoms with van der Waals surface area (Å²) < 4.78 is 0. The highest BCUT2D eigenvalue weighted by Crippen LogP contribution is 2.23. The van der Waals surface area contributed by atoms with Crippen molar-refractivity contribution < 1.29 is 9.90 Å². The van der Waals surface area contributed by atoms with E-state index in [1.807, 2.05) is 36.4 Å². The van der Waals surface area contributed by atoms with E-state index < -0.39 is 5.97 Å². The lowest BCUT2D eigenvalue weighted by atomic mass is 10.1. The number of hydrogen-bond acceptors (Lipinski definition) is 4. The van der Waals surface area contributed by atoms with Crippen LogP contribution in [0.3, 0.4) is 0 Å². The second-order valence-corrected chi connectivity index (χ2v) is 4.88. The van der Waals surface area contributed by atoms with Gasteiger partial charge in [0, 0.05) is 12.4 Å². The average Bonchev–Trinajstić information content (AvgIpc) is 2.81. The van der Waals surface area contributed by atoms with Gasteiger partial charge in [0.05, 0.1) is 29.0 Å². The highest BCUT2D eigenvalue weighted by Gasteiger charge is 2.14. The Bertz CT molecular complexity index is 552. The quantitative estimate of drug-likeness (QED) is 0.920. The van der Waals surface area contributed by atoms with Gasteiger partial charge in [0.15, 0.2) is 0 Å². The van der Waals surface area contributed by atoms with Crippen LogP contribution in [-0.2, 0) is 6.54 Å². The van der Waals surface area contributed by atoms with Gasteiger partial charge in [-0.25, -0.2) is 9.78 Å². The molecule has 0 aliphatic carbocycles. The molecule has 0 saturated heterocycles. The van der Waals surface area contributed by atoms with E-state index in [9.17, 15) is 9.90 Å². The monoisotopic (exact) mass is 262 g/mol. The molecule has 0 atom stereocenters. The summed E-state index contributed by atoms with van der Waals surface area (Å²) in [6.07, 6.45) is 0. The standard InChI is InChI=1S/C13H14N2O2S/c1-9-3-4-11(13(16)17)12(5-9)15(2)6-10-7-18-8-14-10/h3-5,7-8H,6H2,1-2H3,(H,16,17). The van der Waals surface area contributed by atoms with Gasteiger partial charge in [-0.1, -0.05) is 6.07 Å². The first-order valence-corrected chi connectivity index (χ1v) is 6.44. The smallest absolute Gasteiger partial charge is 0.337 e. The van der Waals surface area contributed by atoms with E-state index in [1.54, 1.807) is 11.6 Å². The summed E-state index contributed by atoms with van der Waals surface area (Å²) in [7, 11) is 1.88. The summed E-state index contributed by atoms with van der Waals surface area (Å²) in [5.74, 6) is -0.907. The minimum absolute atomic E-state index is 0.318. The van der Waals surface area contributed by atoms with E-state index in [0.717, 1.165) is 16.9 Å². The van der Waals surface area contributed by atoms with Gasteiger partial charge < -0.3 is 10.0 Å². The Balaban J connectivity index is 2.31. The zero-order valence-electron chi connectivity index (χ0n) is 10.3. The lowest BCUT2D eigenvalue weighted by Gasteiger charge is -2.20. The molecule has 0 unspecified atom stereocenters. The lowest BCUT2D eigenvalue weighted by Crippen LogP contribution is -2.19. The molecule has 1 heterocycles. The Morgan fingerprint density at radius 3 is 2.89 bits per heavy atom. The maximum atomic E-state index is 11.2. The fourth-order valence-electron chi connectivity index (χ4n) is 1.78. The van der Waals surface area contributed by atoms with Crippen LogP contribution in [0.1, 0.15) is 21.6 Å². The number of hydrogen-bond donors (Lipinski definition) is 1. The number of nitrogens with zero attached hydrogens (tertiary/aromatic N) is 2. The second kappa shape index (κ2) is 5.18. The van der Waals surface area contributed by atoms with Crippen LogP contribution in [0.5, 0.6) is 0 Å². The van der Waals surface area contributed by atoms with Gasteiger partial charge in [-0.3, -0.25) is 0 Å². The molecule has 0 amide bonds. The van der Waals surface area contributed by atoms with Crippen molar-refractivity contribution in [3.63, 3.8) is 0 Å². The number of carbonyl (C=O) groups is 1. The molecule has 1 N–H and O–H groups in total. The molecule has 94 valence electrons. The molecule has 0 fully saturated rings. The summed E-state index contributed by atoms with van der Waals surface area (Å²) >= 11 is 1.54. The fourth-order valence-corrected chi connectivity index (χ4v) is 2.33. The van der Waals surface area contributed by atoms with Crippen LogP contribution in [0, 0.1) is 6.92 Å². The minimum atomic E-state index is -0.907. The van der Waals surface area contributed by atoms with Crippen molar-refractivity contribution in [2.24, 2.45) is 0 Å². The highest BCUT2D eigenvalue weighted by molar-refractivity contribution is 7.07. The van der Waals surface area contributed by atoms with Gasteiger partial charge in [0.25, 0.3) is 0 Å². The fraction of sp³-hybridized carbons (Fsp3) is 0.231. The van der Waals surface area contributed by atoms with E-state index in [1.165, 1.54) is 11.3 Å². The number of aromatic nitrogens is 1. The largest absolute Gasteiger partial charge is 0.478 e. The van der Waals surface area contributed by atoms with Crippen molar-refractivity contribution in [3.8, 4) is 0 Å². The van der Waals surface area contributed by atoms with E-state index >= 15 is 0 Å². The first-order chi connectivity index (χ1) is 8.58. The molecular weight excluding hydrogens is 248 g/mol. The third-order valence-electron chi connectivity index (χ3n) is 2.68. The van der Waals surface area contributed by atoms with Gasteiger partial charge in [-0.15, -0.1) is 11.3 Å². The van der Waals surface area contributed by atoms with Crippen LogP contribution in [0.25, 0.3) is 0 Å². The maximum Gasteiger partial charge on any atom is 0.337 e. The van der Waals surface area contributed by atoms with Crippen LogP contribution in [-0.4, -0.2) is 23.1 Å². The molecule has 0 spiro atoms. The second-order valence-electron chi connectivity index (χ2n) is 4.16. The number of carboxylic acid groups (broad SMARTS) is 1. The third-order valence-corrected chi connectivity index (χ3v) is 3.31. The summed E-state index contributed by atoms with van der Waals surface area (Å²) in [5, 5.41) is 11.2. The van der Waals surface area contributed by atoms with Crippen LogP contribution >= 0.6 is 11.3 Å². The predicted octanol–water partition coefficient (Wildman–Crippen LogP) is 2.79. The molecule has 0 radical (unpaired) electrons. The summed E-state index contributed by atoms with van der Waals surface area (Å²) in [5.41, 5.74) is 4.80. The molecule has 4 nitrogen and oxygen atoms in total. The molecule has 1 aromatic carbocycles. The normalized spacial score (nSPS) is 10.3. The lowest BCUT2D eigenvalue weighted by molar-refractivity contribution is 0.0697. The van der Waals surface area contributed by atoms with Gasteiger partial charge >= 0.3 is 5.97 Å². The summed E-state index contributed by atoms with van der Waals surface area (Å²) in [6.45, 7) is 2.55. The van der Waals surface area contributed by atoms with Crippen molar-refractivity contribution in [2.45, 2.75) is 13.5 Å². The van der Waals surface area contributed by atoms with E-state index in [2.05, 4.69) is 4.98 Å². The zero-order valence-corrected chi connectivity index (χ0v) is 11.1. The Morgan fingerprint density at radius 1 is 1.50 bits per heavy atom. The number of rotatable bonds is 4. The predicted molar refractivity (Wildman–Crippen MR) is 72.4 cm³/mol. The number of thiazole rings is 1. The molecule has 0 saturated carbocycles. The molecule has 1 aromatic heterocycles. The molecular formula is C13H14N2O2S. The molecule has 0 bridgehead atoms. The van der Waals surface area contributed by atoms with Crippen molar-refractivity contribution >= 4 is 23.0 Å². The maximum absolute atomic E-state index is 11.2. The number of benzene rings is 1. The Labute approximate surface area is 110 Å². The summed E-state index contributed by atoms with van der Waals surface area (Å²) in [4.78, 5) is 17.3. The van der Waals surface area contributed by atoms with Crippen LogP contribution in [0.15, 0.2) is 29.1 Å². The first-order valence-electron chi connectivity index (χ1n) is 5.50. The van der Waals surface area contributed by atoms with Gasteiger partial charge in [0.2, 0.25) is 0 Å². The third kappa shape index (κ3) is 2.68. The van der Waals surface area contributed by atoms with Crippen LogP contribution in [0.4, 0.5) is 5.69 Å². The van der Waals surface area contributed by atoms with E-state index in [-0.39, 0.29) is 0 Å². The van der Waals surface area contributed by atoms with Gasteiger partial charge in [-0.05, 0) is 24.6 Å². The van der Waals surface area contributed by atoms with Crippen molar-refractivity contribution in [3.05, 3.63) is 45.9 Å². The zero-order chi connectivity index (χ0) is 13.1. The molecule has 2 aromatic rings. The van der Waals surface area contributed by atoms with Gasteiger partial charge in [0.1, 0.15) is 0 Å². The molecule has 2 rings (SSSR count). The average molecular weight is 262 g/mol. The van der Waals surface area contributed by atoms with Crippen molar-refractivity contribution in [1.29, 1.82) is 0 Å². The van der Waals surface area contributed by atoms with Gasteiger partial charge in [-0.2, -0.15) is 0 Å². The topological polar surface area (TPSA) is 53.4 Å². The highest BCUT2D eigenvalue weighted by atomic mass is 32.1. The Morgan fingerprint density at radius 2 is 2.28 bits per heavy atom. The Hall–Kier alpha value is -1.88. The first kappa shape index (κ1) is 12.6. The van der Waals surface area contributed by atoms with Crippen molar-refractivity contribution in [1.82, 2.24) is 4.98 Å². The van der Waals surface area contributed by atoms with Crippen molar-refractivity contribution in [2.75, 3.05) is 11.9 Å². The number of anilines is 1. The van der Waals surface area contributed by atoms with E-state index in [0.29, 0.717) is 12.1 Å². The molecule has 5 heteroatoms. The number of aromatic carboxylic acids is 1. The Kier molecular flexibility index (Phi) is 3.62. The SMILES string of the molecule is Cc1ccc(C(=O)O)c(N(C)Cc2cscn2)c1. The number of carboxylic acids is 1. The van der Waals surface area contributed by atoms with Crippen LogP contribution < -0.4 is 4.90 Å².